The van der Waals surface area contributed by atoms with Gasteiger partial charge in [-0.25, -0.2) is 8.42 Å². The van der Waals surface area contributed by atoms with E-state index >= 15 is 0 Å². The van der Waals surface area contributed by atoms with Gasteiger partial charge in [-0.15, -0.1) is 0 Å². The predicted molar refractivity (Wildman–Crippen MR) is 86.6 cm³/mol. The first-order chi connectivity index (χ1) is 10.1. The molecule has 1 heterocycles. The Morgan fingerprint density at radius 2 is 1.90 bits per heavy atom. The Morgan fingerprint density at radius 3 is 2.52 bits per heavy atom. The molecule has 0 aromatic heterocycles. The summed E-state index contributed by atoms with van der Waals surface area (Å²) in [6.45, 7) is 2.67. The highest BCUT2D eigenvalue weighted by atomic mass is 79.9. The molecule has 2 aliphatic rings. The molecule has 6 heteroatoms. The van der Waals surface area contributed by atoms with E-state index in [4.69, 9.17) is 0 Å². The maximum Gasteiger partial charge on any atom is 0.243 e. The summed E-state index contributed by atoms with van der Waals surface area (Å²) in [6.07, 6.45) is 4.13. The number of nitrogens with zero attached hydrogens (tertiary/aromatic N) is 1. The third-order valence-corrected chi connectivity index (χ3v) is 6.66. The van der Waals surface area contributed by atoms with E-state index in [9.17, 15) is 8.42 Å². The third-order valence-electron chi connectivity index (χ3n) is 4.25. The molecule has 21 heavy (non-hydrogen) atoms. The van der Waals surface area contributed by atoms with Crippen molar-refractivity contribution in [1.82, 2.24) is 9.62 Å². The minimum atomic E-state index is -3.38. The molecule has 1 aromatic carbocycles. The molecule has 1 aliphatic carbocycles. The second kappa shape index (κ2) is 6.36. The highest BCUT2D eigenvalue weighted by molar-refractivity contribution is 9.10. The SMILES string of the molecule is O=S(=O)(c1cccc(Br)c1)N(CC1CCNCC1)C1CC1. The number of hydrogen-bond acceptors (Lipinski definition) is 3. The first-order valence-corrected chi connectivity index (χ1v) is 9.79. The molecule has 1 saturated heterocycles. The molecule has 2 fully saturated rings. The van der Waals surface area contributed by atoms with Crippen molar-refractivity contribution >= 4 is 26.0 Å². The van der Waals surface area contributed by atoms with Gasteiger partial charge >= 0.3 is 0 Å². The van der Waals surface area contributed by atoms with Gasteiger partial charge in [0.25, 0.3) is 0 Å². The van der Waals surface area contributed by atoms with Crippen LogP contribution in [-0.4, -0.2) is 38.4 Å². The van der Waals surface area contributed by atoms with Crippen LogP contribution in [0.25, 0.3) is 0 Å². The fourth-order valence-corrected chi connectivity index (χ4v) is 5.25. The van der Waals surface area contributed by atoms with Gasteiger partial charge in [0.1, 0.15) is 0 Å². The fraction of sp³-hybridized carbons (Fsp3) is 0.600. The number of nitrogens with one attached hydrogen (secondary N) is 1. The highest BCUT2D eigenvalue weighted by Gasteiger charge is 2.39. The van der Waals surface area contributed by atoms with Crippen LogP contribution >= 0.6 is 15.9 Å². The van der Waals surface area contributed by atoms with E-state index in [0.717, 1.165) is 43.2 Å². The number of benzene rings is 1. The summed E-state index contributed by atoms with van der Waals surface area (Å²) in [6, 6.07) is 7.24. The summed E-state index contributed by atoms with van der Waals surface area (Å²) in [5, 5.41) is 3.34. The van der Waals surface area contributed by atoms with Gasteiger partial charge in [-0.1, -0.05) is 22.0 Å². The number of halogens is 1. The van der Waals surface area contributed by atoms with Gasteiger partial charge < -0.3 is 5.32 Å². The van der Waals surface area contributed by atoms with Crippen molar-refractivity contribution < 1.29 is 8.42 Å². The zero-order valence-electron chi connectivity index (χ0n) is 12.0. The van der Waals surface area contributed by atoms with E-state index in [2.05, 4.69) is 21.2 Å². The lowest BCUT2D eigenvalue weighted by Gasteiger charge is -2.29. The summed E-state index contributed by atoms with van der Waals surface area (Å²) in [5.74, 6) is 0.480. The minimum absolute atomic E-state index is 0.212. The van der Waals surface area contributed by atoms with Gasteiger partial charge in [0, 0.05) is 17.1 Å². The van der Waals surface area contributed by atoms with Gasteiger partial charge in [0.2, 0.25) is 10.0 Å². The monoisotopic (exact) mass is 372 g/mol. The van der Waals surface area contributed by atoms with E-state index in [-0.39, 0.29) is 6.04 Å². The average Bonchev–Trinajstić information content (AvgIpc) is 3.30. The van der Waals surface area contributed by atoms with Crippen molar-refractivity contribution in [2.45, 2.75) is 36.6 Å². The Morgan fingerprint density at radius 1 is 1.19 bits per heavy atom. The lowest BCUT2D eigenvalue weighted by atomic mass is 9.98. The molecule has 0 unspecified atom stereocenters. The lowest BCUT2D eigenvalue weighted by Crippen LogP contribution is -2.40. The van der Waals surface area contributed by atoms with Crippen LogP contribution in [0.5, 0.6) is 0 Å². The predicted octanol–water partition coefficient (Wildman–Crippen LogP) is 2.60. The molecule has 1 saturated carbocycles. The van der Waals surface area contributed by atoms with Crippen molar-refractivity contribution in [3.63, 3.8) is 0 Å². The van der Waals surface area contributed by atoms with Crippen molar-refractivity contribution in [3.05, 3.63) is 28.7 Å². The van der Waals surface area contributed by atoms with Crippen LogP contribution in [0, 0.1) is 5.92 Å². The number of sulfonamides is 1. The molecule has 0 amide bonds. The van der Waals surface area contributed by atoms with Crippen molar-refractivity contribution in [2.24, 2.45) is 5.92 Å². The quantitative estimate of drug-likeness (QED) is 0.863. The molecule has 0 atom stereocenters. The number of piperidine rings is 1. The minimum Gasteiger partial charge on any atom is -0.317 e. The van der Waals surface area contributed by atoms with Gasteiger partial charge in [-0.2, -0.15) is 4.31 Å². The zero-order chi connectivity index (χ0) is 14.9. The van der Waals surface area contributed by atoms with Crippen molar-refractivity contribution in [2.75, 3.05) is 19.6 Å². The molecule has 0 spiro atoms. The largest absolute Gasteiger partial charge is 0.317 e. The van der Waals surface area contributed by atoms with Gasteiger partial charge in [-0.05, 0) is 62.9 Å². The molecule has 1 aliphatic heterocycles. The van der Waals surface area contributed by atoms with Crippen LogP contribution < -0.4 is 5.32 Å². The Balaban J connectivity index is 1.82. The maximum atomic E-state index is 12.9. The van der Waals surface area contributed by atoms with E-state index in [1.807, 2.05) is 6.07 Å². The van der Waals surface area contributed by atoms with E-state index in [1.54, 1.807) is 22.5 Å². The molecule has 0 radical (unpaired) electrons. The maximum absolute atomic E-state index is 12.9. The summed E-state index contributed by atoms with van der Waals surface area (Å²) >= 11 is 3.36. The van der Waals surface area contributed by atoms with Crippen LogP contribution in [0.2, 0.25) is 0 Å². The number of hydrogen-bond donors (Lipinski definition) is 1. The standard InChI is InChI=1S/C15H21BrN2O2S/c16-13-2-1-3-15(10-13)21(19,20)18(14-4-5-14)11-12-6-8-17-9-7-12/h1-3,10,12,14,17H,4-9,11H2. The Labute approximate surface area is 135 Å². The molecular formula is C15H21BrN2O2S. The second-order valence-electron chi connectivity index (χ2n) is 5.96. The smallest absolute Gasteiger partial charge is 0.243 e. The Kier molecular flexibility index (Phi) is 4.69. The van der Waals surface area contributed by atoms with Crippen LogP contribution in [-0.2, 0) is 10.0 Å². The first kappa shape index (κ1) is 15.5. The molecule has 1 aromatic rings. The fourth-order valence-electron chi connectivity index (χ4n) is 2.89. The average molecular weight is 373 g/mol. The molecule has 3 rings (SSSR count). The summed E-state index contributed by atoms with van der Waals surface area (Å²) in [5.41, 5.74) is 0. The lowest BCUT2D eigenvalue weighted by molar-refractivity contribution is 0.283. The number of rotatable bonds is 5. The van der Waals surface area contributed by atoms with Crippen LogP contribution in [0.4, 0.5) is 0 Å². The molecule has 116 valence electrons. The molecule has 4 nitrogen and oxygen atoms in total. The molecular weight excluding hydrogens is 352 g/mol. The van der Waals surface area contributed by atoms with Crippen LogP contribution in [0.15, 0.2) is 33.6 Å². The summed E-state index contributed by atoms with van der Waals surface area (Å²) in [4.78, 5) is 0.401. The topological polar surface area (TPSA) is 49.4 Å². The molecule has 1 N–H and O–H groups in total. The normalized spacial score (nSPS) is 20.9. The second-order valence-corrected chi connectivity index (χ2v) is 8.76. The Bertz CT molecular complexity index is 595. The van der Waals surface area contributed by atoms with Crippen molar-refractivity contribution in [1.29, 1.82) is 0 Å². The Hall–Kier alpha value is -0.430. The van der Waals surface area contributed by atoms with Crippen molar-refractivity contribution in [3.8, 4) is 0 Å². The third kappa shape index (κ3) is 3.67. The van der Waals surface area contributed by atoms with Gasteiger partial charge in [-0.3, -0.25) is 0 Å². The van der Waals surface area contributed by atoms with Gasteiger partial charge in [0.05, 0.1) is 4.90 Å². The van der Waals surface area contributed by atoms with Crippen LogP contribution in [0.3, 0.4) is 0 Å². The molecule has 0 bridgehead atoms. The van der Waals surface area contributed by atoms with E-state index < -0.39 is 10.0 Å². The highest BCUT2D eigenvalue weighted by Crippen LogP contribution is 2.34. The van der Waals surface area contributed by atoms with E-state index in [0.29, 0.717) is 17.4 Å². The summed E-state index contributed by atoms with van der Waals surface area (Å²) < 4.78 is 28.4. The van der Waals surface area contributed by atoms with Crippen LogP contribution in [0.1, 0.15) is 25.7 Å². The zero-order valence-corrected chi connectivity index (χ0v) is 14.4. The van der Waals surface area contributed by atoms with Gasteiger partial charge in [0.15, 0.2) is 0 Å². The first-order valence-electron chi connectivity index (χ1n) is 7.55. The van der Waals surface area contributed by atoms with E-state index in [1.165, 1.54) is 0 Å². The summed E-state index contributed by atoms with van der Waals surface area (Å²) in [7, 11) is -3.38.